The van der Waals surface area contributed by atoms with Crippen LogP contribution < -0.4 is 5.32 Å². The largest absolute Gasteiger partial charge is 0.445 e. The second-order valence-electron chi connectivity index (χ2n) is 6.71. The van der Waals surface area contributed by atoms with Crippen LogP contribution in [0.15, 0.2) is 59.3 Å². The van der Waals surface area contributed by atoms with E-state index in [-0.39, 0.29) is 13.2 Å². The Bertz CT molecular complexity index is 1190. The normalized spacial score (nSPS) is 11.1. The van der Waals surface area contributed by atoms with Crippen molar-refractivity contribution in [2.24, 2.45) is 0 Å². The smallest absolute Gasteiger partial charge is 0.435 e. The standard InChI is InChI=1S/C22H21ClN4O5/c1-29-8-9-30-10-11-31-22(28)27-19-7-6-18(12-16(19)13-25-27)26-21-24-14-20(32-21)15-2-4-17(23)5-3-15/h2-7,12-14H,8-11H2,1H3,(H,24,26). The lowest BCUT2D eigenvalue weighted by Crippen LogP contribution is -2.18. The molecule has 32 heavy (non-hydrogen) atoms. The molecule has 2 aromatic heterocycles. The predicted octanol–water partition coefficient (Wildman–Crippen LogP) is 4.74. The molecule has 0 atom stereocenters. The van der Waals surface area contributed by atoms with E-state index in [0.717, 1.165) is 16.6 Å². The summed E-state index contributed by atoms with van der Waals surface area (Å²) in [6.45, 7) is 1.35. The van der Waals surface area contributed by atoms with Crippen molar-refractivity contribution >= 4 is 40.3 Å². The summed E-state index contributed by atoms with van der Waals surface area (Å²) in [5, 5.41) is 8.65. The monoisotopic (exact) mass is 456 g/mol. The molecule has 0 aliphatic carbocycles. The molecule has 2 heterocycles. The predicted molar refractivity (Wildman–Crippen MR) is 119 cm³/mol. The molecule has 1 N–H and O–H groups in total. The number of anilines is 2. The fourth-order valence-electron chi connectivity index (χ4n) is 2.95. The fraction of sp³-hybridized carbons (Fsp3) is 0.227. The highest BCUT2D eigenvalue weighted by Gasteiger charge is 2.13. The van der Waals surface area contributed by atoms with Crippen molar-refractivity contribution in [3.05, 3.63) is 59.9 Å². The number of carbonyl (C=O) groups excluding carboxylic acids is 1. The number of methoxy groups -OCH3 is 1. The quantitative estimate of drug-likeness (QED) is 0.360. The average Bonchev–Trinajstić information content (AvgIpc) is 3.43. The molecular weight excluding hydrogens is 436 g/mol. The lowest BCUT2D eigenvalue weighted by molar-refractivity contribution is 0.0420. The number of nitrogens with one attached hydrogen (secondary N) is 1. The maximum atomic E-state index is 12.3. The van der Waals surface area contributed by atoms with Crippen LogP contribution in [0.5, 0.6) is 0 Å². The van der Waals surface area contributed by atoms with E-state index >= 15 is 0 Å². The molecular formula is C22H21ClN4O5. The molecule has 0 fully saturated rings. The Balaban J connectivity index is 1.38. The average molecular weight is 457 g/mol. The number of hydrogen-bond donors (Lipinski definition) is 1. The van der Waals surface area contributed by atoms with Crippen molar-refractivity contribution in [2.45, 2.75) is 0 Å². The zero-order chi connectivity index (χ0) is 22.3. The third-order valence-electron chi connectivity index (χ3n) is 4.51. The summed E-state index contributed by atoms with van der Waals surface area (Å²) in [4.78, 5) is 16.6. The number of aromatic nitrogens is 3. The van der Waals surface area contributed by atoms with Gasteiger partial charge in [-0.15, -0.1) is 0 Å². The van der Waals surface area contributed by atoms with Gasteiger partial charge in [-0.3, -0.25) is 0 Å². The first kappa shape index (κ1) is 21.8. The summed E-state index contributed by atoms with van der Waals surface area (Å²) in [5.41, 5.74) is 2.23. The molecule has 0 spiro atoms. The second kappa shape index (κ2) is 10.3. The molecule has 10 heteroatoms. The molecule has 166 valence electrons. The van der Waals surface area contributed by atoms with E-state index in [2.05, 4.69) is 15.4 Å². The number of ether oxygens (including phenoxy) is 3. The van der Waals surface area contributed by atoms with E-state index in [1.807, 2.05) is 18.2 Å². The van der Waals surface area contributed by atoms with E-state index in [1.54, 1.807) is 43.8 Å². The number of benzene rings is 2. The van der Waals surface area contributed by atoms with Crippen molar-refractivity contribution < 1.29 is 23.4 Å². The first-order valence-electron chi connectivity index (χ1n) is 9.84. The summed E-state index contributed by atoms with van der Waals surface area (Å²) in [6.07, 6.45) is 2.65. The topological polar surface area (TPSA) is 101 Å². The van der Waals surface area contributed by atoms with E-state index in [9.17, 15) is 4.79 Å². The summed E-state index contributed by atoms with van der Waals surface area (Å²) >= 11 is 5.92. The van der Waals surface area contributed by atoms with Crippen LogP contribution in [0.4, 0.5) is 16.5 Å². The Hall–Kier alpha value is -3.40. The summed E-state index contributed by atoms with van der Waals surface area (Å²) in [7, 11) is 1.59. The Morgan fingerprint density at radius 3 is 2.72 bits per heavy atom. The van der Waals surface area contributed by atoms with E-state index in [0.29, 0.717) is 35.5 Å². The van der Waals surface area contributed by atoms with Crippen LogP contribution in [0.1, 0.15) is 0 Å². The molecule has 0 unspecified atom stereocenters. The van der Waals surface area contributed by atoms with Crippen LogP contribution >= 0.6 is 11.6 Å². The highest BCUT2D eigenvalue weighted by atomic mass is 35.5. The number of oxazole rings is 1. The number of halogens is 1. The van der Waals surface area contributed by atoms with E-state index in [4.69, 9.17) is 30.2 Å². The third-order valence-corrected chi connectivity index (χ3v) is 4.76. The molecule has 4 rings (SSSR count). The van der Waals surface area contributed by atoms with Gasteiger partial charge in [0.25, 0.3) is 6.01 Å². The van der Waals surface area contributed by atoms with Gasteiger partial charge in [0.1, 0.15) is 6.61 Å². The Morgan fingerprint density at radius 2 is 1.91 bits per heavy atom. The lowest BCUT2D eigenvalue weighted by atomic mass is 10.2. The minimum atomic E-state index is -0.573. The van der Waals surface area contributed by atoms with Gasteiger partial charge in [0, 0.05) is 28.8 Å². The van der Waals surface area contributed by atoms with Crippen molar-refractivity contribution in [3.63, 3.8) is 0 Å². The van der Waals surface area contributed by atoms with Gasteiger partial charge in [-0.2, -0.15) is 9.78 Å². The van der Waals surface area contributed by atoms with Gasteiger partial charge in [0.2, 0.25) is 0 Å². The number of nitrogens with zero attached hydrogens (tertiary/aromatic N) is 3. The van der Waals surface area contributed by atoms with Gasteiger partial charge >= 0.3 is 6.09 Å². The molecule has 0 radical (unpaired) electrons. The van der Waals surface area contributed by atoms with Crippen molar-refractivity contribution in [2.75, 3.05) is 38.9 Å². The first-order chi connectivity index (χ1) is 15.6. The van der Waals surface area contributed by atoms with Crippen LogP contribution in [0, 0.1) is 0 Å². The molecule has 2 aromatic carbocycles. The number of rotatable bonds is 9. The highest BCUT2D eigenvalue weighted by Crippen LogP contribution is 2.27. The van der Waals surface area contributed by atoms with Crippen molar-refractivity contribution in [1.82, 2.24) is 14.8 Å². The van der Waals surface area contributed by atoms with Gasteiger partial charge < -0.3 is 23.9 Å². The Kier molecular flexibility index (Phi) is 7.00. The van der Waals surface area contributed by atoms with Crippen LogP contribution in [-0.2, 0) is 14.2 Å². The fourth-order valence-corrected chi connectivity index (χ4v) is 3.08. The Labute approximate surface area is 188 Å². The number of hydrogen-bond acceptors (Lipinski definition) is 8. The minimum Gasteiger partial charge on any atom is -0.445 e. The van der Waals surface area contributed by atoms with E-state index < -0.39 is 6.09 Å². The number of fused-ring (bicyclic) bond motifs is 1. The molecule has 0 amide bonds. The van der Waals surface area contributed by atoms with Gasteiger partial charge in [0.15, 0.2) is 5.76 Å². The second-order valence-corrected chi connectivity index (χ2v) is 7.15. The Morgan fingerprint density at radius 1 is 1.09 bits per heavy atom. The zero-order valence-electron chi connectivity index (χ0n) is 17.3. The zero-order valence-corrected chi connectivity index (χ0v) is 18.0. The third kappa shape index (κ3) is 5.25. The summed E-state index contributed by atoms with van der Waals surface area (Å²) in [5.74, 6) is 0.618. The highest BCUT2D eigenvalue weighted by molar-refractivity contribution is 6.30. The van der Waals surface area contributed by atoms with Gasteiger partial charge in [-0.05, 0) is 42.5 Å². The van der Waals surface area contributed by atoms with Crippen LogP contribution in [-0.4, -0.2) is 54.4 Å². The van der Waals surface area contributed by atoms with Crippen LogP contribution in [0.25, 0.3) is 22.2 Å². The summed E-state index contributed by atoms with van der Waals surface area (Å²) in [6, 6.07) is 13.0. The maximum Gasteiger partial charge on any atom is 0.435 e. The first-order valence-corrected chi connectivity index (χ1v) is 10.2. The molecule has 0 saturated carbocycles. The van der Waals surface area contributed by atoms with Gasteiger partial charge in [0.05, 0.1) is 37.7 Å². The molecule has 0 aliphatic rings. The minimum absolute atomic E-state index is 0.129. The molecule has 0 saturated heterocycles. The molecule has 0 bridgehead atoms. The van der Waals surface area contributed by atoms with Gasteiger partial charge in [-0.1, -0.05) is 11.6 Å². The maximum absolute atomic E-state index is 12.3. The van der Waals surface area contributed by atoms with Crippen molar-refractivity contribution in [3.8, 4) is 11.3 Å². The number of carbonyl (C=O) groups is 1. The molecule has 9 nitrogen and oxygen atoms in total. The van der Waals surface area contributed by atoms with E-state index in [1.165, 1.54) is 4.68 Å². The summed E-state index contributed by atoms with van der Waals surface area (Å²) < 4.78 is 22.3. The molecule has 4 aromatic rings. The van der Waals surface area contributed by atoms with Crippen LogP contribution in [0.3, 0.4) is 0 Å². The van der Waals surface area contributed by atoms with Crippen LogP contribution in [0.2, 0.25) is 5.02 Å². The SMILES string of the molecule is COCCOCCOC(=O)n1ncc2cc(Nc3ncc(-c4ccc(Cl)cc4)o3)ccc21. The van der Waals surface area contributed by atoms with Gasteiger partial charge in [-0.25, -0.2) is 9.78 Å². The van der Waals surface area contributed by atoms with Crippen molar-refractivity contribution in [1.29, 1.82) is 0 Å². The lowest BCUT2D eigenvalue weighted by Gasteiger charge is -2.07. The molecule has 0 aliphatic heterocycles.